The van der Waals surface area contributed by atoms with Crippen LogP contribution in [0.25, 0.3) is 0 Å². The zero-order valence-corrected chi connectivity index (χ0v) is 13.1. The summed E-state index contributed by atoms with van der Waals surface area (Å²) in [6, 6.07) is 2.76. The fourth-order valence-corrected chi connectivity index (χ4v) is 3.42. The third-order valence-corrected chi connectivity index (χ3v) is 4.75. The molecule has 1 aromatic heterocycles. The number of nitrogens with one attached hydrogen (secondary N) is 1. The highest BCUT2D eigenvalue weighted by molar-refractivity contribution is 7.99. The highest BCUT2D eigenvalue weighted by Crippen LogP contribution is 2.20. The van der Waals surface area contributed by atoms with E-state index in [2.05, 4.69) is 48.8 Å². The summed E-state index contributed by atoms with van der Waals surface area (Å²) >= 11 is 2.06. The number of thioether (sulfide) groups is 1. The number of hydrogen-bond acceptors (Lipinski definition) is 4. The van der Waals surface area contributed by atoms with Gasteiger partial charge < -0.3 is 9.73 Å². The van der Waals surface area contributed by atoms with Crippen LogP contribution in [0.15, 0.2) is 16.7 Å². The van der Waals surface area contributed by atoms with Crippen LogP contribution in [0.4, 0.5) is 0 Å². The third-order valence-electron chi connectivity index (χ3n) is 3.56. The molecule has 0 saturated carbocycles. The summed E-state index contributed by atoms with van der Waals surface area (Å²) in [5.41, 5.74) is 1.31. The number of rotatable bonds is 6. The average Bonchev–Trinajstić information content (AvgIpc) is 2.79. The maximum absolute atomic E-state index is 5.68. The van der Waals surface area contributed by atoms with Gasteiger partial charge in [0.25, 0.3) is 0 Å². The molecule has 1 aliphatic rings. The van der Waals surface area contributed by atoms with Crippen molar-refractivity contribution in [2.24, 2.45) is 5.92 Å². The molecule has 0 radical (unpaired) electrons. The Morgan fingerprint density at radius 1 is 1.53 bits per heavy atom. The van der Waals surface area contributed by atoms with E-state index >= 15 is 0 Å². The van der Waals surface area contributed by atoms with Crippen LogP contribution in [-0.4, -0.2) is 35.5 Å². The van der Waals surface area contributed by atoms with Gasteiger partial charge in [0.05, 0.1) is 12.8 Å². The molecule has 1 aliphatic heterocycles. The Kier molecular flexibility index (Phi) is 5.79. The van der Waals surface area contributed by atoms with Gasteiger partial charge in [-0.1, -0.05) is 13.8 Å². The minimum atomic E-state index is 0.653. The topological polar surface area (TPSA) is 28.4 Å². The zero-order chi connectivity index (χ0) is 13.7. The zero-order valence-electron chi connectivity index (χ0n) is 12.3. The van der Waals surface area contributed by atoms with Crippen molar-refractivity contribution >= 4 is 11.8 Å². The molecule has 0 amide bonds. The summed E-state index contributed by atoms with van der Waals surface area (Å²) in [5, 5.41) is 3.49. The van der Waals surface area contributed by atoms with Gasteiger partial charge in [-0.3, -0.25) is 4.90 Å². The first-order chi connectivity index (χ1) is 9.16. The average molecular weight is 282 g/mol. The molecular weight excluding hydrogens is 256 g/mol. The molecule has 3 nitrogen and oxygen atoms in total. The lowest BCUT2D eigenvalue weighted by molar-refractivity contribution is 0.205. The summed E-state index contributed by atoms with van der Waals surface area (Å²) in [5.74, 6) is 4.30. The molecule has 1 saturated heterocycles. The predicted octanol–water partition coefficient (Wildman–Crippen LogP) is 2.96. The second-order valence-electron chi connectivity index (χ2n) is 5.79. The molecule has 0 aromatic carbocycles. The van der Waals surface area contributed by atoms with E-state index in [1.807, 2.05) is 6.26 Å². The fraction of sp³-hybridized carbons (Fsp3) is 0.733. The highest BCUT2D eigenvalue weighted by Gasteiger charge is 2.20. The predicted molar refractivity (Wildman–Crippen MR) is 82.4 cm³/mol. The van der Waals surface area contributed by atoms with Gasteiger partial charge in [-0.2, -0.15) is 11.8 Å². The van der Waals surface area contributed by atoms with E-state index in [9.17, 15) is 0 Å². The van der Waals surface area contributed by atoms with Crippen molar-refractivity contribution in [1.29, 1.82) is 0 Å². The van der Waals surface area contributed by atoms with Gasteiger partial charge in [-0.05, 0) is 25.5 Å². The Balaban J connectivity index is 1.87. The van der Waals surface area contributed by atoms with Gasteiger partial charge in [-0.25, -0.2) is 0 Å². The molecule has 2 heterocycles. The Labute approximate surface area is 121 Å². The minimum Gasteiger partial charge on any atom is -0.468 e. The molecule has 108 valence electrons. The van der Waals surface area contributed by atoms with E-state index in [1.165, 1.54) is 23.6 Å². The molecule has 1 unspecified atom stereocenters. The van der Waals surface area contributed by atoms with Gasteiger partial charge >= 0.3 is 0 Å². The van der Waals surface area contributed by atoms with Crippen molar-refractivity contribution < 1.29 is 4.42 Å². The quantitative estimate of drug-likeness (QED) is 0.868. The second-order valence-corrected chi connectivity index (χ2v) is 6.94. The van der Waals surface area contributed by atoms with E-state index in [4.69, 9.17) is 4.42 Å². The second kappa shape index (κ2) is 7.36. The smallest absolute Gasteiger partial charge is 0.122 e. The molecule has 19 heavy (non-hydrogen) atoms. The molecule has 0 aliphatic carbocycles. The number of hydrogen-bond donors (Lipinski definition) is 1. The number of furan rings is 1. The van der Waals surface area contributed by atoms with Crippen LogP contribution in [0.2, 0.25) is 0 Å². The molecule has 0 bridgehead atoms. The molecule has 1 atom stereocenters. The fourth-order valence-electron chi connectivity index (χ4n) is 2.34. The van der Waals surface area contributed by atoms with E-state index in [0.29, 0.717) is 12.0 Å². The summed E-state index contributed by atoms with van der Waals surface area (Å²) in [4.78, 5) is 2.53. The SMILES string of the molecule is CC(C)CNCc1ccoc1CN1CCSCC1C. The molecule has 1 N–H and O–H groups in total. The lowest BCUT2D eigenvalue weighted by Crippen LogP contribution is -2.39. The lowest BCUT2D eigenvalue weighted by atomic mass is 10.2. The Morgan fingerprint density at radius 3 is 3.11 bits per heavy atom. The first-order valence-electron chi connectivity index (χ1n) is 7.24. The van der Waals surface area contributed by atoms with Crippen LogP contribution in [0.5, 0.6) is 0 Å². The van der Waals surface area contributed by atoms with E-state index in [1.54, 1.807) is 0 Å². The van der Waals surface area contributed by atoms with Crippen molar-refractivity contribution in [2.75, 3.05) is 24.6 Å². The molecule has 1 aromatic rings. The monoisotopic (exact) mass is 282 g/mol. The number of nitrogens with zero attached hydrogens (tertiary/aromatic N) is 1. The minimum absolute atomic E-state index is 0.653. The Morgan fingerprint density at radius 2 is 2.37 bits per heavy atom. The molecule has 0 spiro atoms. The van der Waals surface area contributed by atoms with Gasteiger partial charge in [0.15, 0.2) is 0 Å². The van der Waals surface area contributed by atoms with Crippen molar-refractivity contribution in [3.8, 4) is 0 Å². The molecule has 4 heteroatoms. The summed E-state index contributed by atoms with van der Waals surface area (Å²) < 4.78 is 5.68. The van der Waals surface area contributed by atoms with Gasteiger partial charge in [0.1, 0.15) is 5.76 Å². The van der Waals surface area contributed by atoms with Crippen LogP contribution >= 0.6 is 11.8 Å². The summed E-state index contributed by atoms with van der Waals surface area (Å²) in [6.07, 6.45) is 1.82. The maximum Gasteiger partial charge on any atom is 0.122 e. The maximum atomic E-state index is 5.68. The van der Waals surface area contributed by atoms with Gasteiger partial charge in [-0.15, -0.1) is 0 Å². The van der Waals surface area contributed by atoms with E-state index in [-0.39, 0.29) is 0 Å². The molecular formula is C15H26N2OS. The van der Waals surface area contributed by atoms with Crippen LogP contribution < -0.4 is 5.32 Å². The Hall–Kier alpha value is -0.450. The highest BCUT2D eigenvalue weighted by atomic mass is 32.2. The van der Waals surface area contributed by atoms with Crippen molar-refractivity contribution in [3.05, 3.63) is 23.7 Å². The molecule has 2 rings (SSSR count). The largest absolute Gasteiger partial charge is 0.468 e. The van der Waals surface area contributed by atoms with Crippen LogP contribution in [0.3, 0.4) is 0 Å². The summed E-state index contributed by atoms with van der Waals surface area (Å²) in [7, 11) is 0. The first-order valence-corrected chi connectivity index (χ1v) is 8.40. The van der Waals surface area contributed by atoms with Crippen LogP contribution in [0.1, 0.15) is 32.1 Å². The van der Waals surface area contributed by atoms with Crippen molar-refractivity contribution in [3.63, 3.8) is 0 Å². The van der Waals surface area contributed by atoms with Crippen LogP contribution in [-0.2, 0) is 13.1 Å². The normalized spacial score (nSPS) is 21.2. The van der Waals surface area contributed by atoms with Gasteiger partial charge in [0, 0.05) is 36.2 Å². The first kappa shape index (κ1) is 14.9. The lowest BCUT2D eigenvalue weighted by Gasteiger charge is -2.32. The van der Waals surface area contributed by atoms with Crippen molar-refractivity contribution in [2.45, 2.75) is 39.9 Å². The van der Waals surface area contributed by atoms with E-state index < -0.39 is 0 Å². The standard InChI is InChI=1S/C15H26N2OS/c1-12(2)8-16-9-14-4-6-18-15(14)10-17-5-7-19-11-13(17)3/h4,6,12-13,16H,5,7-11H2,1-3H3. The van der Waals surface area contributed by atoms with Gasteiger partial charge in [0.2, 0.25) is 0 Å². The van der Waals surface area contributed by atoms with Crippen molar-refractivity contribution in [1.82, 2.24) is 10.2 Å². The van der Waals surface area contributed by atoms with Crippen LogP contribution in [0, 0.1) is 5.92 Å². The third kappa shape index (κ3) is 4.55. The molecule has 1 fully saturated rings. The Bertz CT molecular complexity index is 378. The summed E-state index contributed by atoms with van der Waals surface area (Å²) in [6.45, 7) is 10.9. The van der Waals surface area contributed by atoms with E-state index in [0.717, 1.165) is 25.4 Å².